The number of thiophene rings is 2. The Morgan fingerprint density at radius 2 is 2.00 bits per heavy atom. The minimum atomic E-state index is 0.285. The molecule has 2 heterocycles. The van der Waals surface area contributed by atoms with Gasteiger partial charge in [-0.05, 0) is 63.8 Å². The smallest absolute Gasteiger partial charge is 0.0752 e. The molecule has 0 fully saturated rings. The fourth-order valence-electron chi connectivity index (χ4n) is 2.12. The average molecular weight is 416 g/mol. The van der Waals surface area contributed by atoms with E-state index < -0.39 is 0 Å². The number of aryl methyl sites for hydroxylation is 2. The Kier molecular flexibility index (Phi) is 3.87. The number of rotatable bonds is 2. The van der Waals surface area contributed by atoms with Crippen molar-refractivity contribution in [3.63, 3.8) is 0 Å². The Labute approximate surface area is 137 Å². The van der Waals surface area contributed by atoms with Crippen molar-refractivity contribution in [2.45, 2.75) is 18.7 Å². The summed E-state index contributed by atoms with van der Waals surface area (Å²) < 4.78 is 2.51. The highest BCUT2D eigenvalue weighted by Crippen LogP contribution is 2.43. The lowest BCUT2D eigenvalue weighted by atomic mass is 10.1. The normalized spacial score (nSPS) is 13.1. The van der Waals surface area contributed by atoms with Gasteiger partial charge in [0, 0.05) is 18.9 Å². The number of halogens is 2. The second kappa shape index (κ2) is 5.32. The maximum atomic E-state index is 3.87. The first-order valence-corrected chi connectivity index (χ1v) is 9.35. The molecule has 1 atom stereocenters. The largest absolute Gasteiger partial charge is 0.144 e. The zero-order valence-corrected chi connectivity index (χ0v) is 15.3. The first-order valence-electron chi connectivity index (χ1n) is 5.94. The molecule has 0 N–H and O–H groups in total. The standard InChI is InChI=1S/C15H12Br2S2/c1-8-6-13(19-9(8)2)14(17)11-7-18-15-10(11)4-3-5-12(15)16/h3-7,14H,1-2H3. The lowest BCUT2D eigenvalue weighted by molar-refractivity contribution is 1.26. The van der Waals surface area contributed by atoms with Gasteiger partial charge in [-0.1, -0.05) is 28.1 Å². The molecular weight excluding hydrogens is 404 g/mol. The van der Waals surface area contributed by atoms with Gasteiger partial charge in [-0.15, -0.1) is 22.7 Å². The summed E-state index contributed by atoms with van der Waals surface area (Å²) in [7, 11) is 0. The van der Waals surface area contributed by atoms with Gasteiger partial charge in [0.05, 0.1) is 4.83 Å². The van der Waals surface area contributed by atoms with E-state index in [9.17, 15) is 0 Å². The average Bonchev–Trinajstić information content (AvgIpc) is 2.94. The molecule has 0 saturated heterocycles. The van der Waals surface area contributed by atoms with E-state index in [2.05, 4.69) is 75.4 Å². The molecule has 4 heteroatoms. The van der Waals surface area contributed by atoms with Gasteiger partial charge in [0.2, 0.25) is 0 Å². The molecule has 0 nitrogen and oxygen atoms in total. The Balaban J connectivity index is 2.11. The van der Waals surface area contributed by atoms with E-state index in [-0.39, 0.29) is 4.83 Å². The molecule has 98 valence electrons. The van der Waals surface area contributed by atoms with Crippen LogP contribution in [0.3, 0.4) is 0 Å². The summed E-state index contributed by atoms with van der Waals surface area (Å²) in [6.45, 7) is 4.36. The summed E-state index contributed by atoms with van der Waals surface area (Å²) in [5, 5.41) is 3.60. The number of fused-ring (bicyclic) bond motifs is 1. The summed E-state index contributed by atoms with van der Waals surface area (Å²) >= 11 is 11.2. The van der Waals surface area contributed by atoms with Gasteiger partial charge < -0.3 is 0 Å². The van der Waals surface area contributed by atoms with Crippen molar-refractivity contribution in [1.82, 2.24) is 0 Å². The van der Waals surface area contributed by atoms with Gasteiger partial charge in [0.1, 0.15) is 0 Å². The van der Waals surface area contributed by atoms with E-state index >= 15 is 0 Å². The lowest BCUT2D eigenvalue weighted by Gasteiger charge is -2.06. The van der Waals surface area contributed by atoms with E-state index in [0.29, 0.717) is 0 Å². The fourth-order valence-corrected chi connectivity index (χ4v) is 5.77. The highest BCUT2D eigenvalue weighted by molar-refractivity contribution is 9.10. The molecule has 19 heavy (non-hydrogen) atoms. The maximum Gasteiger partial charge on any atom is 0.0752 e. The van der Waals surface area contributed by atoms with Crippen LogP contribution in [0, 0.1) is 13.8 Å². The molecule has 0 bridgehead atoms. The van der Waals surface area contributed by atoms with Crippen molar-refractivity contribution in [3.8, 4) is 0 Å². The van der Waals surface area contributed by atoms with Crippen molar-refractivity contribution in [2.75, 3.05) is 0 Å². The Hall–Kier alpha value is -0.160. The van der Waals surface area contributed by atoms with Crippen LogP contribution in [-0.2, 0) is 0 Å². The van der Waals surface area contributed by atoms with E-state index in [1.807, 2.05) is 11.3 Å². The molecule has 2 aromatic heterocycles. The van der Waals surface area contributed by atoms with Crippen LogP contribution in [0.15, 0.2) is 34.1 Å². The monoisotopic (exact) mass is 414 g/mol. The number of benzene rings is 1. The minimum Gasteiger partial charge on any atom is -0.144 e. The zero-order chi connectivity index (χ0) is 13.6. The van der Waals surface area contributed by atoms with Crippen molar-refractivity contribution in [1.29, 1.82) is 0 Å². The third-order valence-corrected chi connectivity index (χ3v) is 7.77. The van der Waals surface area contributed by atoms with E-state index in [1.165, 1.54) is 35.4 Å². The van der Waals surface area contributed by atoms with Crippen LogP contribution in [0.5, 0.6) is 0 Å². The second-order valence-corrected chi connectivity index (χ2v) is 8.50. The van der Waals surface area contributed by atoms with Crippen molar-refractivity contribution < 1.29 is 0 Å². The Bertz CT molecular complexity index is 720. The van der Waals surface area contributed by atoms with Gasteiger partial charge in [0.15, 0.2) is 0 Å². The van der Waals surface area contributed by atoms with E-state index in [0.717, 1.165) is 0 Å². The molecule has 0 amide bonds. The van der Waals surface area contributed by atoms with Crippen LogP contribution in [0.25, 0.3) is 10.1 Å². The van der Waals surface area contributed by atoms with Gasteiger partial charge in [-0.3, -0.25) is 0 Å². The van der Waals surface area contributed by atoms with Gasteiger partial charge in [0.25, 0.3) is 0 Å². The summed E-state index contributed by atoms with van der Waals surface area (Å²) in [6, 6.07) is 8.70. The molecule has 1 unspecified atom stereocenters. The zero-order valence-electron chi connectivity index (χ0n) is 10.5. The second-order valence-electron chi connectivity index (χ2n) is 4.56. The molecule has 1 aromatic carbocycles. The van der Waals surface area contributed by atoms with Gasteiger partial charge >= 0.3 is 0 Å². The third-order valence-electron chi connectivity index (χ3n) is 3.29. The molecule has 0 aliphatic rings. The Morgan fingerprint density at radius 3 is 2.68 bits per heavy atom. The van der Waals surface area contributed by atoms with Crippen LogP contribution in [0.1, 0.15) is 25.7 Å². The lowest BCUT2D eigenvalue weighted by Crippen LogP contribution is -1.87. The molecule has 3 aromatic rings. The first-order chi connectivity index (χ1) is 9.08. The van der Waals surface area contributed by atoms with Crippen LogP contribution in [-0.4, -0.2) is 0 Å². The van der Waals surface area contributed by atoms with Crippen molar-refractivity contribution >= 4 is 64.6 Å². The number of hydrogen-bond acceptors (Lipinski definition) is 2. The van der Waals surface area contributed by atoms with Gasteiger partial charge in [-0.2, -0.15) is 0 Å². The molecule has 0 radical (unpaired) electrons. The molecule has 0 spiro atoms. The minimum absolute atomic E-state index is 0.285. The summed E-state index contributed by atoms with van der Waals surface area (Å²) in [4.78, 5) is 3.07. The number of hydrogen-bond donors (Lipinski definition) is 0. The molecule has 0 saturated carbocycles. The summed E-state index contributed by atoms with van der Waals surface area (Å²) in [6.07, 6.45) is 0. The summed E-state index contributed by atoms with van der Waals surface area (Å²) in [5.41, 5.74) is 2.74. The predicted molar refractivity (Wildman–Crippen MR) is 94.1 cm³/mol. The van der Waals surface area contributed by atoms with E-state index in [4.69, 9.17) is 0 Å². The predicted octanol–water partition coefficient (Wildman–Crippen LogP) is 6.83. The highest BCUT2D eigenvalue weighted by Gasteiger charge is 2.18. The molecular formula is C15H12Br2S2. The van der Waals surface area contributed by atoms with Crippen molar-refractivity contribution in [2.24, 2.45) is 0 Å². The molecule has 0 aliphatic carbocycles. The first kappa shape index (κ1) is 13.8. The quantitative estimate of drug-likeness (QED) is 0.402. The summed E-state index contributed by atoms with van der Waals surface area (Å²) in [5.74, 6) is 0. The highest BCUT2D eigenvalue weighted by atomic mass is 79.9. The molecule has 3 rings (SSSR count). The molecule has 0 aliphatic heterocycles. The third kappa shape index (κ3) is 2.44. The maximum absolute atomic E-state index is 3.87. The van der Waals surface area contributed by atoms with Crippen LogP contribution in [0.2, 0.25) is 0 Å². The van der Waals surface area contributed by atoms with E-state index in [1.54, 1.807) is 11.3 Å². The number of alkyl halides is 1. The van der Waals surface area contributed by atoms with Gasteiger partial charge in [-0.25, -0.2) is 0 Å². The van der Waals surface area contributed by atoms with Crippen LogP contribution < -0.4 is 0 Å². The van der Waals surface area contributed by atoms with Crippen LogP contribution >= 0.6 is 54.5 Å². The topological polar surface area (TPSA) is 0 Å². The SMILES string of the molecule is Cc1cc(C(Br)c2csc3c(Br)cccc23)sc1C. The van der Waals surface area contributed by atoms with Crippen molar-refractivity contribution in [3.05, 3.63) is 55.0 Å². The Morgan fingerprint density at radius 1 is 1.21 bits per heavy atom. The fraction of sp³-hybridized carbons (Fsp3) is 0.200. The van der Waals surface area contributed by atoms with Crippen LogP contribution in [0.4, 0.5) is 0 Å².